The van der Waals surface area contributed by atoms with Gasteiger partial charge in [0.2, 0.25) is 0 Å². The van der Waals surface area contributed by atoms with Gasteiger partial charge in [0.15, 0.2) is 0 Å². The van der Waals surface area contributed by atoms with Crippen LogP contribution < -0.4 is 0 Å². The van der Waals surface area contributed by atoms with Gasteiger partial charge in [-0.3, -0.25) is 4.79 Å². The number of carbonyl (C=O) groups excluding carboxylic acids is 1. The molecule has 0 bridgehead atoms. The lowest BCUT2D eigenvalue weighted by Crippen LogP contribution is -1.90. The molecule has 0 aromatic carbocycles. The van der Waals surface area contributed by atoms with Gasteiger partial charge in [0.25, 0.3) is 5.24 Å². The van der Waals surface area contributed by atoms with Crippen molar-refractivity contribution < 1.29 is 4.79 Å². The van der Waals surface area contributed by atoms with Gasteiger partial charge in [-0.1, -0.05) is 13.0 Å². The third kappa shape index (κ3) is 1.30. The predicted octanol–water partition coefficient (Wildman–Crippen LogP) is 2.28. The van der Waals surface area contributed by atoms with Crippen LogP contribution in [0.4, 0.5) is 0 Å². The number of nitrogens with zero attached hydrogens (tertiary/aromatic N) is 2. The highest BCUT2D eigenvalue weighted by molar-refractivity contribution is 6.68. The minimum atomic E-state index is -0.506. The molecular weight excluding hydrogens is 200 g/mol. The van der Waals surface area contributed by atoms with Crippen molar-refractivity contribution in [3.8, 4) is 0 Å². The maximum absolute atomic E-state index is 11.1. The van der Waals surface area contributed by atoms with Gasteiger partial charge in [-0.15, -0.1) is 0 Å². The summed E-state index contributed by atoms with van der Waals surface area (Å²) in [6.07, 6.45) is 2.65. The third-order valence-corrected chi connectivity index (χ3v) is 2.30. The molecule has 2 aromatic heterocycles. The van der Waals surface area contributed by atoms with Crippen LogP contribution in [0.3, 0.4) is 0 Å². The molecule has 0 spiro atoms. The molecule has 0 saturated carbocycles. The summed E-state index contributed by atoms with van der Waals surface area (Å²) in [5.74, 6) is 0.851. The Morgan fingerprint density at radius 3 is 3.00 bits per heavy atom. The van der Waals surface area contributed by atoms with E-state index < -0.39 is 5.24 Å². The van der Waals surface area contributed by atoms with E-state index >= 15 is 0 Å². The zero-order valence-corrected chi connectivity index (χ0v) is 8.45. The number of pyridine rings is 1. The molecule has 0 fully saturated rings. The van der Waals surface area contributed by atoms with E-state index in [0.717, 1.165) is 17.8 Å². The first-order valence-electron chi connectivity index (χ1n) is 4.40. The molecule has 0 saturated heterocycles. The second-order valence-corrected chi connectivity index (χ2v) is 3.30. The summed E-state index contributed by atoms with van der Waals surface area (Å²) in [6.45, 7) is 1.99. The number of halogens is 1. The number of imidazole rings is 1. The van der Waals surface area contributed by atoms with Crippen LogP contribution in [-0.4, -0.2) is 14.6 Å². The lowest BCUT2D eigenvalue weighted by atomic mass is 10.3. The second kappa shape index (κ2) is 3.42. The molecule has 0 amide bonds. The molecule has 0 aliphatic rings. The smallest absolute Gasteiger partial charge is 0.273 e. The maximum atomic E-state index is 11.1. The van der Waals surface area contributed by atoms with Gasteiger partial charge in [-0.25, -0.2) is 4.98 Å². The average molecular weight is 209 g/mol. The highest BCUT2D eigenvalue weighted by atomic mass is 35.5. The molecule has 72 valence electrons. The van der Waals surface area contributed by atoms with Crippen molar-refractivity contribution in [3.63, 3.8) is 0 Å². The molecule has 0 atom stereocenters. The lowest BCUT2D eigenvalue weighted by molar-refractivity contribution is 0.107. The van der Waals surface area contributed by atoms with Crippen molar-refractivity contribution in [2.24, 2.45) is 0 Å². The van der Waals surface area contributed by atoms with Crippen LogP contribution >= 0.6 is 11.6 Å². The Labute approximate surface area is 86.3 Å². The van der Waals surface area contributed by atoms with E-state index in [1.165, 1.54) is 0 Å². The minimum Gasteiger partial charge on any atom is -0.303 e. The molecular formula is C10H9ClN2O. The Hall–Kier alpha value is -1.35. The summed E-state index contributed by atoms with van der Waals surface area (Å²) >= 11 is 5.44. The lowest BCUT2D eigenvalue weighted by Gasteiger charge is -1.95. The van der Waals surface area contributed by atoms with Gasteiger partial charge in [-0.05, 0) is 23.7 Å². The summed E-state index contributed by atoms with van der Waals surface area (Å²) in [5, 5.41) is -0.506. The van der Waals surface area contributed by atoms with Gasteiger partial charge in [-0.2, -0.15) is 0 Å². The van der Waals surface area contributed by atoms with Gasteiger partial charge in [0.1, 0.15) is 11.5 Å². The highest BCUT2D eigenvalue weighted by Gasteiger charge is 2.13. The molecule has 0 radical (unpaired) electrons. The van der Waals surface area contributed by atoms with Crippen molar-refractivity contribution in [3.05, 3.63) is 35.9 Å². The van der Waals surface area contributed by atoms with E-state index in [1.54, 1.807) is 0 Å². The van der Waals surface area contributed by atoms with Gasteiger partial charge < -0.3 is 4.40 Å². The Morgan fingerprint density at radius 1 is 1.57 bits per heavy atom. The molecule has 3 nitrogen and oxygen atoms in total. The van der Waals surface area contributed by atoms with Crippen LogP contribution in [0.2, 0.25) is 0 Å². The molecule has 2 aromatic rings. The van der Waals surface area contributed by atoms with Gasteiger partial charge in [0, 0.05) is 12.6 Å². The van der Waals surface area contributed by atoms with Crippen molar-refractivity contribution in [2.45, 2.75) is 13.3 Å². The maximum Gasteiger partial charge on any atom is 0.273 e. The fourth-order valence-electron chi connectivity index (χ4n) is 1.50. The topological polar surface area (TPSA) is 34.4 Å². The Kier molecular flexibility index (Phi) is 2.25. The molecule has 0 N–H and O–H groups in total. The molecule has 0 unspecified atom stereocenters. The number of hydrogen-bond acceptors (Lipinski definition) is 2. The zero-order valence-electron chi connectivity index (χ0n) is 7.70. The van der Waals surface area contributed by atoms with Crippen molar-refractivity contribution in [1.29, 1.82) is 0 Å². The number of hydrogen-bond donors (Lipinski definition) is 0. The summed E-state index contributed by atoms with van der Waals surface area (Å²) in [4.78, 5) is 15.3. The fraction of sp³-hybridized carbons (Fsp3) is 0.200. The number of aromatic nitrogens is 2. The van der Waals surface area contributed by atoms with E-state index in [0.29, 0.717) is 5.69 Å². The van der Waals surface area contributed by atoms with Crippen molar-refractivity contribution in [1.82, 2.24) is 9.38 Å². The molecule has 2 heterocycles. The number of aryl methyl sites for hydroxylation is 1. The predicted molar refractivity (Wildman–Crippen MR) is 54.8 cm³/mol. The number of fused-ring (bicyclic) bond motifs is 1. The zero-order chi connectivity index (χ0) is 10.1. The monoisotopic (exact) mass is 208 g/mol. The SMILES string of the molecule is CCc1nc(C(=O)Cl)c2ccccn12. The van der Waals surface area contributed by atoms with Crippen LogP contribution in [0.25, 0.3) is 5.52 Å². The Balaban J connectivity index is 2.80. The largest absolute Gasteiger partial charge is 0.303 e. The quantitative estimate of drug-likeness (QED) is 0.710. The van der Waals surface area contributed by atoms with E-state index in [9.17, 15) is 4.79 Å². The van der Waals surface area contributed by atoms with Gasteiger partial charge in [0.05, 0.1) is 5.52 Å². The molecule has 0 aliphatic heterocycles. The van der Waals surface area contributed by atoms with Crippen molar-refractivity contribution in [2.75, 3.05) is 0 Å². The van der Waals surface area contributed by atoms with Crippen molar-refractivity contribution >= 4 is 22.4 Å². The first-order chi connectivity index (χ1) is 6.74. The van der Waals surface area contributed by atoms with E-state index in [-0.39, 0.29) is 0 Å². The van der Waals surface area contributed by atoms with E-state index in [2.05, 4.69) is 4.98 Å². The summed E-state index contributed by atoms with van der Waals surface area (Å²) in [5.41, 5.74) is 1.11. The minimum absolute atomic E-state index is 0.337. The third-order valence-electron chi connectivity index (χ3n) is 2.12. The van der Waals surface area contributed by atoms with Crippen LogP contribution in [0.1, 0.15) is 23.2 Å². The van der Waals surface area contributed by atoms with Gasteiger partial charge >= 0.3 is 0 Å². The normalized spacial score (nSPS) is 10.7. The number of rotatable bonds is 2. The number of carbonyl (C=O) groups is 1. The summed E-state index contributed by atoms with van der Waals surface area (Å²) in [7, 11) is 0. The van der Waals surface area contributed by atoms with E-state index in [1.807, 2.05) is 35.7 Å². The summed E-state index contributed by atoms with van der Waals surface area (Å²) < 4.78 is 1.88. The average Bonchev–Trinajstić information content (AvgIpc) is 2.56. The molecule has 4 heteroatoms. The fourth-order valence-corrected chi connectivity index (χ4v) is 1.63. The van der Waals surface area contributed by atoms with E-state index in [4.69, 9.17) is 11.6 Å². The molecule has 14 heavy (non-hydrogen) atoms. The van der Waals surface area contributed by atoms with Crippen LogP contribution in [0, 0.1) is 0 Å². The van der Waals surface area contributed by atoms with Crippen LogP contribution in [0.5, 0.6) is 0 Å². The highest BCUT2D eigenvalue weighted by Crippen LogP contribution is 2.15. The van der Waals surface area contributed by atoms with Crippen LogP contribution in [-0.2, 0) is 6.42 Å². The Bertz CT molecular complexity index is 490. The Morgan fingerprint density at radius 2 is 2.36 bits per heavy atom. The molecule has 2 rings (SSSR count). The standard InChI is InChI=1S/C10H9ClN2O/c1-2-8-12-9(10(11)14)7-5-3-4-6-13(7)8/h3-6H,2H2,1H3. The first kappa shape index (κ1) is 9.21. The molecule has 0 aliphatic carbocycles. The second-order valence-electron chi connectivity index (χ2n) is 2.96. The first-order valence-corrected chi connectivity index (χ1v) is 4.77. The van der Waals surface area contributed by atoms with Crippen LogP contribution in [0.15, 0.2) is 24.4 Å². The summed E-state index contributed by atoms with van der Waals surface area (Å²) in [6, 6.07) is 5.60.